The molecule has 0 unspecified atom stereocenters. The first-order valence-electron chi connectivity index (χ1n) is 8.00. The average molecular weight is 352 g/mol. The highest BCUT2D eigenvalue weighted by atomic mass is 32.1. The molecule has 0 radical (unpaired) electrons. The van der Waals surface area contributed by atoms with Crippen molar-refractivity contribution in [2.45, 2.75) is 39.5 Å². The number of nitrogens with zero attached hydrogens (tertiary/aromatic N) is 3. The Labute approximate surface area is 146 Å². The minimum Gasteiger partial charge on any atom is -0.356 e. The van der Waals surface area contributed by atoms with Gasteiger partial charge in [0.1, 0.15) is 0 Å². The summed E-state index contributed by atoms with van der Waals surface area (Å²) in [4.78, 5) is 14.5. The van der Waals surface area contributed by atoms with Gasteiger partial charge in [0.15, 0.2) is 5.96 Å². The van der Waals surface area contributed by atoms with Gasteiger partial charge >= 0.3 is 0 Å². The fourth-order valence-corrected chi connectivity index (χ4v) is 3.78. The summed E-state index contributed by atoms with van der Waals surface area (Å²) >= 11 is 3.53. The summed E-state index contributed by atoms with van der Waals surface area (Å²) in [7, 11) is 1.80. The van der Waals surface area contributed by atoms with Gasteiger partial charge in [-0.05, 0) is 19.8 Å². The van der Waals surface area contributed by atoms with E-state index in [1.165, 1.54) is 14.9 Å². The molecule has 0 spiro atoms. The molecule has 0 bridgehead atoms. The molecule has 0 aliphatic rings. The number of guanidine groups is 1. The molecule has 2 N–H and O–H groups in total. The highest BCUT2D eigenvalue weighted by molar-refractivity contribution is 7.11. The molecular formula is C16H25N5S2. The number of aliphatic imine (C=N–C) groups is 1. The van der Waals surface area contributed by atoms with E-state index in [9.17, 15) is 0 Å². The van der Waals surface area contributed by atoms with Crippen molar-refractivity contribution in [2.75, 3.05) is 20.1 Å². The van der Waals surface area contributed by atoms with Crippen LogP contribution in [0.5, 0.6) is 0 Å². The molecule has 0 saturated carbocycles. The number of aromatic nitrogens is 2. The Bertz CT molecular complexity index is 618. The maximum Gasteiger partial charge on any atom is 0.190 e. The molecule has 2 heterocycles. The monoisotopic (exact) mass is 351 g/mol. The van der Waals surface area contributed by atoms with Crippen LogP contribution in [0.25, 0.3) is 0 Å². The lowest BCUT2D eigenvalue weighted by atomic mass is 10.3. The fourth-order valence-electron chi connectivity index (χ4n) is 2.10. The predicted octanol–water partition coefficient (Wildman–Crippen LogP) is 2.81. The maximum atomic E-state index is 4.48. The normalized spacial score (nSPS) is 11.7. The van der Waals surface area contributed by atoms with E-state index in [0.29, 0.717) is 0 Å². The van der Waals surface area contributed by atoms with Gasteiger partial charge in [0.25, 0.3) is 0 Å². The molecule has 2 aromatic rings. The van der Waals surface area contributed by atoms with Crippen molar-refractivity contribution in [3.63, 3.8) is 0 Å². The van der Waals surface area contributed by atoms with Crippen LogP contribution in [-0.4, -0.2) is 36.1 Å². The van der Waals surface area contributed by atoms with E-state index in [0.717, 1.165) is 50.4 Å². The smallest absolute Gasteiger partial charge is 0.190 e. The molecule has 5 nitrogen and oxygen atoms in total. The largest absolute Gasteiger partial charge is 0.356 e. The molecule has 2 aromatic heterocycles. The number of aryl methyl sites for hydroxylation is 3. The van der Waals surface area contributed by atoms with Gasteiger partial charge in [0.2, 0.25) is 0 Å². The molecule has 0 aromatic carbocycles. The summed E-state index contributed by atoms with van der Waals surface area (Å²) in [5.74, 6) is 0.854. The summed E-state index contributed by atoms with van der Waals surface area (Å²) in [5.41, 5.74) is 1.11. The molecule has 126 valence electrons. The van der Waals surface area contributed by atoms with E-state index < -0.39 is 0 Å². The molecule has 7 heteroatoms. The fraction of sp³-hybridized carbons (Fsp3) is 0.562. The molecule has 0 atom stereocenters. The van der Waals surface area contributed by atoms with Gasteiger partial charge in [-0.25, -0.2) is 9.97 Å². The lowest BCUT2D eigenvalue weighted by molar-refractivity contribution is 0.735. The summed E-state index contributed by atoms with van der Waals surface area (Å²) in [5, 5.41) is 11.2. The Morgan fingerprint density at radius 1 is 1.22 bits per heavy atom. The van der Waals surface area contributed by atoms with Crippen LogP contribution in [0.1, 0.15) is 33.9 Å². The van der Waals surface area contributed by atoms with Crippen LogP contribution in [0.15, 0.2) is 16.6 Å². The van der Waals surface area contributed by atoms with Crippen LogP contribution in [-0.2, 0) is 19.3 Å². The molecule has 0 fully saturated rings. The van der Waals surface area contributed by atoms with E-state index in [4.69, 9.17) is 0 Å². The topological polar surface area (TPSA) is 62.2 Å². The molecule has 0 aliphatic heterocycles. The van der Waals surface area contributed by atoms with Crippen LogP contribution < -0.4 is 10.6 Å². The third-order valence-corrected chi connectivity index (χ3v) is 5.56. The second kappa shape index (κ2) is 9.62. The first-order valence-corrected chi connectivity index (χ1v) is 9.70. The zero-order valence-corrected chi connectivity index (χ0v) is 15.7. The lowest BCUT2D eigenvalue weighted by Gasteiger charge is -2.10. The van der Waals surface area contributed by atoms with E-state index in [-0.39, 0.29) is 0 Å². The summed E-state index contributed by atoms with van der Waals surface area (Å²) in [6.07, 6.45) is 6.05. The van der Waals surface area contributed by atoms with E-state index in [1.807, 2.05) is 13.1 Å². The number of hydrogen-bond acceptors (Lipinski definition) is 5. The third kappa shape index (κ3) is 6.27. The molecule has 2 rings (SSSR count). The van der Waals surface area contributed by atoms with Crippen molar-refractivity contribution < 1.29 is 0 Å². The molecule has 0 amide bonds. The quantitative estimate of drug-likeness (QED) is 0.436. The van der Waals surface area contributed by atoms with Gasteiger partial charge < -0.3 is 10.6 Å². The van der Waals surface area contributed by atoms with Crippen molar-refractivity contribution in [3.05, 3.63) is 32.2 Å². The van der Waals surface area contributed by atoms with Crippen LogP contribution >= 0.6 is 22.7 Å². The van der Waals surface area contributed by atoms with Crippen molar-refractivity contribution in [3.8, 4) is 0 Å². The number of rotatable bonds is 8. The van der Waals surface area contributed by atoms with Crippen molar-refractivity contribution in [1.29, 1.82) is 0 Å². The van der Waals surface area contributed by atoms with E-state index in [2.05, 4.69) is 37.9 Å². The van der Waals surface area contributed by atoms with Crippen LogP contribution in [0, 0.1) is 6.92 Å². The standard InChI is InChI=1S/C16H25N5S2/c1-4-13-10-20-14(23-13)7-9-19-16(17-3)18-8-5-6-15-21-12(2)11-22-15/h10-11H,4-9H2,1-3H3,(H2,17,18,19). The van der Waals surface area contributed by atoms with Crippen LogP contribution in [0.2, 0.25) is 0 Å². The predicted molar refractivity (Wildman–Crippen MR) is 99.7 cm³/mol. The third-order valence-electron chi connectivity index (χ3n) is 3.33. The Kier molecular flexibility index (Phi) is 7.48. The van der Waals surface area contributed by atoms with Gasteiger partial charge in [0, 0.05) is 55.1 Å². The van der Waals surface area contributed by atoms with Gasteiger partial charge in [0.05, 0.1) is 10.0 Å². The van der Waals surface area contributed by atoms with Gasteiger partial charge in [-0.3, -0.25) is 4.99 Å². The van der Waals surface area contributed by atoms with Crippen LogP contribution in [0.3, 0.4) is 0 Å². The average Bonchev–Trinajstić information content (AvgIpc) is 3.18. The minimum absolute atomic E-state index is 0.849. The minimum atomic E-state index is 0.849. The van der Waals surface area contributed by atoms with E-state index >= 15 is 0 Å². The van der Waals surface area contributed by atoms with E-state index in [1.54, 1.807) is 29.7 Å². The highest BCUT2D eigenvalue weighted by Gasteiger charge is 2.03. The molecule has 23 heavy (non-hydrogen) atoms. The van der Waals surface area contributed by atoms with Crippen molar-refractivity contribution in [2.24, 2.45) is 4.99 Å². The van der Waals surface area contributed by atoms with Gasteiger partial charge in [-0.15, -0.1) is 22.7 Å². The summed E-state index contributed by atoms with van der Waals surface area (Å²) in [6.45, 7) is 5.95. The Morgan fingerprint density at radius 2 is 2.04 bits per heavy atom. The van der Waals surface area contributed by atoms with Crippen LogP contribution in [0.4, 0.5) is 0 Å². The summed E-state index contributed by atoms with van der Waals surface area (Å²) in [6, 6.07) is 0. The number of nitrogens with one attached hydrogen (secondary N) is 2. The highest BCUT2D eigenvalue weighted by Crippen LogP contribution is 2.13. The maximum absolute atomic E-state index is 4.48. The van der Waals surface area contributed by atoms with Gasteiger partial charge in [-0.1, -0.05) is 6.92 Å². The first kappa shape index (κ1) is 17.9. The van der Waals surface area contributed by atoms with Crippen molar-refractivity contribution in [1.82, 2.24) is 20.6 Å². The first-order chi connectivity index (χ1) is 11.2. The Balaban J connectivity index is 1.61. The SMILES string of the molecule is CCc1cnc(CCNC(=NC)NCCCc2nc(C)cs2)s1. The summed E-state index contributed by atoms with van der Waals surface area (Å²) < 4.78 is 0. The zero-order valence-electron chi connectivity index (χ0n) is 14.1. The number of hydrogen-bond donors (Lipinski definition) is 2. The second-order valence-corrected chi connectivity index (χ2v) is 7.38. The Hall–Kier alpha value is -1.47. The second-order valence-electron chi connectivity index (χ2n) is 5.24. The number of thiazole rings is 2. The van der Waals surface area contributed by atoms with Crippen molar-refractivity contribution >= 4 is 28.6 Å². The Morgan fingerprint density at radius 3 is 2.70 bits per heavy atom. The molecular weight excluding hydrogens is 326 g/mol. The lowest BCUT2D eigenvalue weighted by Crippen LogP contribution is -2.38. The zero-order chi connectivity index (χ0) is 16.5. The molecule has 0 saturated heterocycles. The van der Waals surface area contributed by atoms with Gasteiger partial charge in [-0.2, -0.15) is 0 Å². The molecule has 0 aliphatic carbocycles.